The molecule has 1 aromatic heterocycles. The summed E-state index contributed by atoms with van der Waals surface area (Å²) in [6, 6.07) is 5.78. The van der Waals surface area contributed by atoms with E-state index in [1.165, 1.54) is 0 Å². The molecule has 1 N–H and O–H groups in total. The summed E-state index contributed by atoms with van der Waals surface area (Å²) in [5.41, 5.74) is 1.00. The Morgan fingerprint density at radius 1 is 1.29 bits per heavy atom. The fourth-order valence-corrected chi connectivity index (χ4v) is 3.91. The van der Waals surface area contributed by atoms with Gasteiger partial charge in [-0.3, -0.25) is 0 Å². The van der Waals surface area contributed by atoms with E-state index in [0.717, 1.165) is 38.0 Å². The van der Waals surface area contributed by atoms with Crippen LogP contribution in [0.5, 0.6) is 11.5 Å². The lowest BCUT2D eigenvalue weighted by Gasteiger charge is -2.21. The summed E-state index contributed by atoms with van der Waals surface area (Å²) >= 11 is 11.4. The molecule has 1 aromatic carbocycles. The topological polar surface area (TPSA) is 30.5 Å². The maximum atomic E-state index is 6.31. The van der Waals surface area contributed by atoms with Crippen molar-refractivity contribution in [2.24, 2.45) is 0 Å². The minimum atomic E-state index is -0.0283. The van der Waals surface area contributed by atoms with Crippen molar-refractivity contribution in [2.45, 2.75) is 13.0 Å². The van der Waals surface area contributed by atoms with Crippen molar-refractivity contribution < 1.29 is 9.47 Å². The Morgan fingerprint density at radius 3 is 2.52 bits per heavy atom. The molecule has 0 spiro atoms. The lowest BCUT2D eigenvalue weighted by molar-refractivity contribution is 0.392. The van der Waals surface area contributed by atoms with E-state index in [0.29, 0.717) is 0 Å². The van der Waals surface area contributed by atoms with Gasteiger partial charge in [-0.15, -0.1) is 11.3 Å². The van der Waals surface area contributed by atoms with Gasteiger partial charge in [-0.1, -0.05) is 18.5 Å². The standard InChI is InChI=1S/C15H17BrClNO2S/c1-4-18-14(15-11(17)5-6-21-15)9-7-13(20-3)10(16)8-12(9)19-2/h5-8,14,18H,4H2,1-3H3. The van der Waals surface area contributed by atoms with E-state index in [1.807, 2.05) is 23.6 Å². The van der Waals surface area contributed by atoms with Gasteiger partial charge in [-0.05, 0) is 46.1 Å². The summed E-state index contributed by atoms with van der Waals surface area (Å²) in [4.78, 5) is 1.07. The molecule has 0 aliphatic carbocycles. The van der Waals surface area contributed by atoms with Gasteiger partial charge < -0.3 is 14.8 Å². The maximum absolute atomic E-state index is 6.31. The predicted molar refractivity (Wildman–Crippen MR) is 92.1 cm³/mol. The van der Waals surface area contributed by atoms with Crippen LogP contribution in [0.25, 0.3) is 0 Å². The van der Waals surface area contributed by atoms with Gasteiger partial charge in [0.15, 0.2) is 0 Å². The first-order valence-electron chi connectivity index (χ1n) is 6.50. The second kappa shape index (κ2) is 7.49. The van der Waals surface area contributed by atoms with Gasteiger partial charge in [0.25, 0.3) is 0 Å². The van der Waals surface area contributed by atoms with Crippen LogP contribution < -0.4 is 14.8 Å². The lowest BCUT2D eigenvalue weighted by Crippen LogP contribution is -2.22. The van der Waals surface area contributed by atoms with Crippen LogP contribution in [0.1, 0.15) is 23.4 Å². The molecule has 0 saturated carbocycles. The van der Waals surface area contributed by atoms with Crippen LogP contribution in [-0.2, 0) is 0 Å². The van der Waals surface area contributed by atoms with E-state index >= 15 is 0 Å². The van der Waals surface area contributed by atoms with Gasteiger partial charge >= 0.3 is 0 Å². The molecule has 0 aliphatic rings. The van der Waals surface area contributed by atoms with E-state index in [1.54, 1.807) is 25.6 Å². The van der Waals surface area contributed by atoms with E-state index in [4.69, 9.17) is 21.1 Å². The Hall–Kier alpha value is -0.750. The molecule has 6 heteroatoms. The summed E-state index contributed by atoms with van der Waals surface area (Å²) in [6.07, 6.45) is 0. The summed E-state index contributed by atoms with van der Waals surface area (Å²) in [5, 5.41) is 6.21. The molecular weight excluding hydrogens is 374 g/mol. The number of nitrogens with one attached hydrogen (secondary N) is 1. The number of ether oxygens (including phenoxy) is 2. The highest BCUT2D eigenvalue weighted by Gasteiger charge is 2.23. The number of hydrogen-bond acceptors (Lipinski definition) is 4. The zero-order valence-corrected chi connectivity index (χ0v) is 15.2. The number of halogens is 2. The first-order valence-corrected chi connectivity index (χ1v) is 8.55. The van der Waals surface area contributed by atoms with Gasteiger partial charge in [0.2, 0.25) is 0 Å². The van der Waals surface area contributed by atoms with Crippen LogP contribution in [-0.4, -0.2) is 20.8 Å². The average molecular weight is 391 g/mol. The molecule has 1 heterocycles. The van der Waals surface area contributed by atoms with Crippen LogP contribution in [0.2, 0.25) is 5.02 Å². The van der Waals surface area contributed by atoms with Crippen molar-refractivity contribution in [1.29, 1.82) is 0 Å². The summed E-state index contributed by atoms with van der Waals surface area (Å²) < 4.78 is 11.8. The molecule has 0 amide bonds. The highest BCUT2D eigenvalue weighted by molar-refractivity contribution is 9.10. The Bertz CT molecular complexity index is 618. The van der Waals surface area contributed by atoms with Gasteiger partial charge in [0, 0.05) is 10.4 Å². The van der Waals surface area contributed by atoms with Crippen LogP contribution in [0.4, 0.5) is 0 Å². The molecule has 0 radical (unpaired) electrons. The smallest absolute Gasteiger partial charge is 0.133 e. The largest absolute Gasteiger partial charge is 0.496 e. The van der Waals surface area contributed by atoms with Crippen LogP contribution in [0.15, 0.2) is 28.1 Å². The number of benzene rings is 1. The summed E-state index contributed by atoms with van der Waals surface area (Å²) in [6.45, 7) is 2.89. The van der Waals surface area contributed by atoms with Crippen molar-refractivity contribution in [2.75, 3.05) is 20.8 Å². The number of methoxy groups -OCH3 is 2. The normalized spacial score (nSPS) is 12.2. The van der Waals surface area contributed by atoms with Crippen LogP contribution in [0, 0.1) is 0 Å². The average Bonchev–Trinajstić information content (AvgIpc) is 2.90. The molecule has 114 valence electrons. The first-order chi connectivity index (χ1) is 10.1. The maximum Gasteiger partial charge on any atom is 0.133 e. The van der Waals surface area contributed by atoms with E-state index < -0.39 is 0 Å². The third-order valence-corrected chi connectivity index (χ3v) is 5.17. The highest BCUT2D eigenvalue weighted by Crippen LogP contribution is 2.41. The van der Waals surface area contributed by atoms with Crippen molar-refractivity contribution in [3.8, 4) is 11.5 Å². The first kappa shape index (κ1) is 16.6. The van der Waals surface area contributed by atoms with Gasteiger partial charge in [0.1, 0.15) is 11.5 Å². The van der Waals surface area contributed by atoms with Crippen molar-refractivity contribution in [1.82, 2.24) is 5.32 Å². The molecule has 3 nitrogen and oxygen atoms in total. The van der Waals surface area contributed by atoms with Crippen molar-refractivity contribution in [3.63, 3.8) is 0 Å². The molecule has 1 unspecified atom stereocenters. The van der Waals surface area contributed by atoms with E-state index in [-0.39, 0.29) is 6.04 Å². The number of hydrogen-bond donors (Lipinski definition) is 1. The van der Waals surface area contributed by atoms with Gasteiger partial charge in [0.05, 0.1) is 29.8 Å². The molecular formula is C15H17BrClNO2S. The monoisotopic (exact) mass is 389 g/mol. The molecule has 21 heavy (non-hydrogen) atoms. The summed E-state index contributed by atoms with van der Waals surface area (Å²) in [7, 11) is 3.31. The second-order valence-electron chi connectivity index (χ2n) is 4.35. The fourth-order valence-electron chi connectivity index (χ4n) is 2.17. The predicted octanol–water partition coefficient (Wildman–Crippen LogP) is 4.88. The molecule has 0 fully saturated rings. The minimum absolute atomic E-state index is 0.0283. The van der Waals surface area contributed by atoms with Gasteiger partial charge in [-0.25, -0.2) is 0 Å². The highest BCUT2D eigenvalue weighted by atomic mass is 79.9. The third kappa shape index (κ3) is 3.54. The Kier molecular flexibility index (Phi) is 5.93. The second-order valence-corrected chi connectivity index (χ2v) is 6.56. The van der Waals surface area contributed by atoms with Crippen LogP contribution >= 0.6 is 38.9 Å². The number of rotatable bonds is 6. The molecule has 0 bridgehead atoms. The molecule has 2 rings (SSSR count). The quantitative estimate of drug-likeness (QED) is 0.762. The molecule has 0 aliphatic heterocycles. The Morgan fingerprint density at radius 2 is 2.00 bits per heavy atom. The fraction of sp³-hybridized carbons (Fsp3) is 0.333. The summed E-state index contributed by atoms with van der Waals surface area (Å²) in [5.74, 6) is 1.56. The molecule has 2 aromatic rings. The lowest BCUT2D eigenvalue weighted by atomic mass is 10.0. The minimum Gasteiger partial charge on any atom is -0.496 e. The Balaban J connectivity index is 2.56. The molecule has 1 atom stereocenters. The number of thiophene rings is 1. The third-order valence-electron chi connectivity index (χ3n) is 3.13. The van der Waals surface area contributed by atoms with E-state index in [9.17, 15) is 0 Å². The zero-order chi connectivity index (χ0) is 15.4. The van der Waals surface area contributed by atoms with Crippen LogP contribution in [0.3, 0.4) is 0 Å². The zero-order valence-electron chi connectivity index (χ0n) is 12.1. The Labute approximate surface area is 142 Å². The van der Waals surface area contributed by atoms with Gasteiger partial charge in [-0.2, -0.15) is 0 Å². The SMILES string of the molecule is CCNC(c1cc(OC)c(Br)cc1OC)c1sccc1Cl. The molecule has 0 saturated heterocycles. The van der Waals surface area contributed by atoms with Crippen molar-refractivity contribution >= 4 is 38.9 Å². The van der Waals surface area contributed by atoms with Crippen molar-refractivity contribution in [3.05, 3.63) is 43.5 Å². The van der Waals surface area contributed by atoms with E-state index in [2.05, 4.69) is 28.2 Å².